The summed E-state index contributed by atoms with van der Waals surface area (Å²) in [7, 11) is 0. The van der Waals surface area contributed by atoms with Crippen LogP contribution in [0.15, 0.2) is 28.8 Å². The van der Waals surface area contributed by atoms with Crippen LogP contribution in [0.1, 0.15) is 11.3 Å². The highest BCUT2D eigenvalue weighted by molar-refractivity contribution is 5.93. The summed E-state index contributed by atoms with van der Waals surface area (Å²) in [5, 5.41) is 24.7. The van der Waals surface area contributed by atoms with E-state index < -0.39 is 11.9 Å². The maximum atomic E-state index is 11.8. The number of nitrogens with zero attached hydrogens (tertiary/aromatic N) is 1. The average molecular weight is 277 g/mol. The second kappa shape index (κ2) is 5.62. The first-order valence-corrected chi connectivity index (χ1v) is 5.96. The van der Waals surface area contributed by atoms with E-state index in [4.69, 9.17) is 10.3 Å². The van der Waals surface area contributed by atoms with Crippen LogP contribution in [-0.4, -0.2) is 27.3 Å². The van der Waals surface area contributed by atoms with Crippen molar-refractivity contribution in [3.05, 3.63) is 35.5 Å². The number of carbonyl (C=O) groups is 1. The number of nitrogens with two attached hydrogens (primary N) is 1. The first-order valence-electron chi connectivity index (χ1n) is 5.96. The van der Waals surface area contributed by atoms with Gasteiger partial charge in [-0.05, 0) is 31.0 Å². The number of aromatic hydroxyl groups is 2. The lowest BCUT2D eigenvalue weighted by atomic mass is 10.1. The van der Waals surface area contributed by atoms with Crippen LogP contribution in [0.3, 0.4) is 0 Å². The van der Waals surface area contributed by atoms with Crippen LogP contribution in [-0.2, 0) is 11.2 Å². The predicted octanol–water partition coefficient (Wildman–Crippen LogP) is 0.903. The van der Waals surface area contributed by atoms with Crippen molar-refractivity contribution in [1.29, 1.82) is 0 Å². The molecular weight excluding hydrogens is 262 g/mol. The highest BCUT2D eigenvalue weighted by Crippen LogP contribution is 2.25. The Labute approximate surface area is 115 Å². The van der Waals surface area contributed by atoms with E-state index in [0.717, 1.165) is 0 Å². The van der Waals surface area contributed by atoms with Gasteiger partial charge in [0.1, 0.15) is 0 Å². The minimum atomic E-state index is -0.815. The lowest BCUT2D eigenvalue weighted by Gasteiger charge is -2.11. The molecule has 1 atom stereocenters. The lowest BCUT2D eigenvalue weighted by Crippen LogP contribution is -2.37. The lowest BCUT2D eigenvalue weighted by molar-refractivity contribution is -0.117. The van der Waals surface area contributed by atoms with E-state index in [1.807, 2.05) is 0 Å². The monoisotopic (exact) mass is 277 g/mol. The number of carbonyl (C=O) groups excluding carboxylic acids is 1. The van der Waals surface area contributed by atoms with Crippen LogP contribution < -0.4 is 11.1 Å². The van der Waals surface area contributed by atoms with Crippen molar-refractivity contribution in [2.45, 2.75) is 19.4 Å². The molecule has 0 aliphatic heterocycles. The highest BCUT2D eigenvalue weighted by Gasteiger charge is 2.16. The van der Waals surface area contributed by atoms with Crippen LogP contribution in [0, 0.1) is 6.92 Å². The predicted molar refractivity (Wildman–Crippen MR) is 71.3 cm³/mol. The quantitative estimate of drug-likeness (QED) is 0.616. The van der Waals surface area contributed by atoms with E-state index in [1.165, 1.54) is 12.1 Å². The topological polar surface area (TPSA) is 122 Å². The Morgan fingerprint density at radius 1 is 1.40 bits per heavy atom. The molecule has 0 spiro atoms. The normalized spacial score (nSPS) is 12.1. The van der Waals surface area contributed by atoms with Crippen molar-refractivity contribution in [3.63, 3.8) is 0 Å². The molecule has 2 aromatic rings. The summed E-state index contributed by atoms with van der Waals surface area (Å²) < 4.78 is 4.86. The van der Waals surface area contributed by atoms with Crippen molar-refractivity contribution in [2.75, 3.05) is 5.32 Å². The Balaban J connectivity index is 1.98. The molecule has 106 valence electrons. The molecule has 7 heteroatoms. The van der Waals surface area contributed by atoms with Crippen LogP contribution in [0.25, 0.3) is 0 Å². The van der Waals surface area contributed by atoms with Crippen LogP contribution in [0.4, 0.5) is 5.88 Å². The minimum absolute atomic E-state index is 0.215. The fourth-order valence-electron chi connectivity index (χ4n) is 1.68. The molecule has 1 heterocycles. The highest BCUT2D eigenvalue weighted by atomic mass is 16.5. The smallest absolute Gasteiger partial charge is 0.244 e. The Kier molecular flexibility index (Phi) is 3.90. The molecule has 0 bridgehead atoms. The van der Waals surface area contributed by atoms with Gasteiger partial charge in [0.2, 0.25) is 11.8 Å². The van der Waals surface area contributed by atoms with Gasteiger partial charge in [0, 0.05) is 6.07 Å². The van der Waals surface area contributed by atoms with Crippen LogP contribution in [0.2, 0.25) is 0 Å². The van der Waals surface area contributed by atoms with Gasteiger partial charge in [-0.1, -0.05) is 11.2 Å². The number of nitrogens with one attached hydrogen (secondary N) is 1. The molecule has 7 nitrogen and oxygen atoms in total. The molecule has 5 N–H and O–H groups in total. The Bertz CT molecular complexity index is 624. The van der Waals surface area contributed by atoms with Gasteiger partial charge in [-0.15, -0.1) is 0 Å². The number of phenolic OH excluding ortho intramolecular Hbond substituents is 2. The number of hydrogen-bond donors (Lipinski definition) is 4. The van der Waals surface area contributed by atoms with Gasteiger partial charge < -0.3 is 20.5 Å². The number of aromatic nitrogens is 1. The fourth-order valence-corrected chi connectivity index (χ4v) is 1.68. The summed E-state index contributed by atoms with van der Waals surface area (Å²) >= 11 is 0. The van der Waals surface area contributed by atoms with Crippen molar-refractivity contribution >= 4 is 11.8 Å². The summed E-state index contributed by atoms with van der Waals surface area (Å²) in [6.45, 7) is 1.73. The van der Waals surface area contributed by atoms with Crippen molar-refractivity contribution in [1.82, 2.24) is 5.16 Å². The third kappa shape index (κ3) is 3.27. The van der Waals surface area contributed by atoms with Crippen LogP contribution >= 0.6 is 0 Å². The average Bonchev–Trinajstić information content (AvgIpc) is 2.79. The standard InChI is InChI=1S/C13H15N3O4/c1-7-4-12(20-16-7)15-13(19)9(14)5-8-2-3-10(17)11(18)6-8/h2-4,6,9,17-18H,5,14H2,1H3,(H,15,19)/t9-/m0/s1. The third-order valence-corrected chi connectivity index (χ3v) is 2.71. The summed E-state index contributed by atoms with van der Waals surface area (Å²) in [5.74, 6) is -0.657. The van der Waals surface area contributed by atoms with Crippen LogP contribution in [0.5, 0.6) is 11.5 Å². The number of anilines is 1. The zero-order valence-electron chi connectivity index (χ0n) is 10.8. The Morgan fingerprint density at radius 3 is 2.75 bits per heavy atom. The Morgan fingerprint density at radius 2 is 2.15 bits per heavy atom. The zero-order valence-corrected chi connectivity index (χ0v) is 10.8. The number of benzene rings is 1. The minimum Gasteiger partial charge on any atom is -0.504 e. The molecule has 0 saturated heterocycles. The number of amides is 1. The number of phenols is 2. The molecule has 0 aliphatic rings. The van der Waals surface area contributed by atoms with E-state index in [9.17, 15) is 15.0 Å². The largest absolute Gasteiger partial charge is 0.504 e. The zero-order chi connectivity index (χ0) is 14.7. The van der Waals surface area contributed by atoms with E-state index in [2.05, 4.69) is 10.5 Å². The molecule has 0 unspecified atom stereocenters. The van der Waals surface area contributed by atoms with Gasteiger partial charge in [-0.2, -0.15) is 0 Å². The molecule has 20 heavy (non-hydrogen) atoms. The molecule has 0 aliphatic carbocycles. The van der Waals surface area contributed by atoms with Crippen molar-refractivity contribution < 1.29 is 19.5 Å². The molecule has 1 aromatic carbocycles. The van der Waals surface area contributed by atoms with Gasteiger partial charge in [0.15, 0.2) is 11.5 Å². The first kappa shape index (κ1) is 13.9. The van der Waals surface area contributed by atoms with E-state index >= 15 is 0 Å². The van der Waals surface area contributed by atoms with Gasteiger partial charge in [0.25, 0.3) is 0 Å². The second-order valence-corrected chi connectivity index (χ2v) is 4.46. The summed E-state index contributed by atoms with van der Waals surface area (Å²) in [6, 6.07) is 5.05. The molecule has 2 rings (SSSR count). The van der Waals surface area contributed by atoms with Gasteiger partial charge in [-0.3, -0.25) is 10.1 Å². The number of hydrogen-bond acceptors (Lipinski definition) is 6. The number of rotatable bonds is 4. The summed E-state index contributed by atoms with van der Waals surface area (Å²) in [6.07, 6.45) is 0.215. The number of aryl methyl sites for hydroxylation is 1. The first-order chi connectivity index (χ1) is 9.45. The van der Waals surface area contributed by atoms with E-state index in [1.54, 1.807) is 19.1 Å². The summed E-state index contributed by atoms with van der Waals surface area (Å²) in [4.78, 5) is 11.8. The van der Waals surface area contributed by atoms with E-state index in [0.29, 0.717) is 11.3 Å². The van der Waals surface area contributed by atoms with Gasteiger partial charge >= 0.3 is 0 Å². The summed E-state index contributed by atoms with van der Waals surface area (Å²) in [5.41, 5.74) is 7.06. The molecule has 1 amide bonds. The molecule has 1 aromatic heterocycles. The fraction of sp³-hybridized carbons (Fsp3) is 0.231. The van der Waals surface area contributed by atoms with E-state index in [-0.39, 0.29) is 23.8 Å². The Hall–Kier alpha value is -2.54. The SMILES string of the molecule is Cc1cc(NC(=O)[C@@H](N)Cc2ccc(O)c(O)c2)on1. The molecule has 0 saturated carbocycles. The maximum Gasteiger partial charge on any atom is 0.244 e. The molecular formula is C13H15N3O4. The maximum absolute atomic E-state index is 11.8. The second-order valence-electron chi connectivity index (χ2n) is 4.46. The van der Waals surface area contributed by atoms with Gasteiger partial charge in [0.05, 0.1) is 11.7 Å². The molecule has 0 radical (unpaired) electrons. The van der Waals surface area contributed by atoms with Gasteiger partial charge in [-0.25, -0.2) is 0 Å². The third-order valence-electron chi connectivity index (χ3n) is 2.71. The molecule has 0 fully saturated rings. The van der Waals surface area contributed by atoms with Crippen molar-refractivity contribution in [2.24, 2.45) is 5.73 Å². The van der Waals surface area contributed by atoms with Crippen molar-refractivity contribution in [3.8, 4) is 11.5 Å².